The van der Waals surface area contributed by atoms with Crippen molar-refractivity contribution in [3.05, 3.63) is 34.2 Å². The van der Waals surface area contributed by atoms with Crippen molar-refractivity contribution < 1.29 is 23.1 Å². The Bertz CT molecular complexity index is 901. The van der Waals surface area contributed by atoms with E-state index in [9.17, 15) is 23.1 Å². The molecule has 1 amide bonds. The molecule has 0 spiro atoms. The summed E-state index contributed by atoms with van der Waals surface area (Å²) in [6.07, 6.45) is -2.26. The van der Waals surface area contributed by atoms with Crippen LogP contribution >= 0.6 is 0 Å². The van der Waals surface area contributed by atoms with Crippen molar-refractivity contribution in [3.63, 3.8) is 0 Å². The van der Waals surface area contributed by atoms with Gasteiger partial charge in [-0.05, 0) is 33.6 Å². The Kier molecular flexibility index (Phi) is 6.02. The molecule has 0 saturated heterocycles. The predicted molar refractivity (Wildman–Crippen MR) is 99.5 cm³/mol. The second-order valence-electron chi connectivity index (χ2n) is 7.53. The van der Waals surface area contributed by atoms with Gasteiger partial charge >= 0.3 is 6.18 Å². The summed E-state index contributed by atoms with van der Waals surface area (Å²) in [4.78, 5) is 17.1. The van der Waals surface area contributed by atoms with Gasteiger partial charge in [-0.1, -0.05) is 0 Å². The summed E-state index contributed by atoms with van der Waals surface area (Å²) in [7, 11) is 0. The highest BCUT2D eigenvalue weighted by Gasteiger charge is 2.31. The highest BCUT2D eigenvalue weighted by Crippen LogP contribution is 2.24. The maximum Gasteiger partial charge on any atom is 0.408 e. The van der Waals surface area contributed by atoms with E-state index < -0.39 is 12.7 Å². The number of aliphatic hydroxyl groups is 1. The first-order valence-electron chi connectivity index (χ1n) is 9.63. The van der Waals surface area contributed by atoms with Crippen LogP contribution in [0.25, 0.3) is 0 Å². The summed E-state index contributed by atoms with van der Waals surface area (Å²) in [5, 5.41) is 16.1. The van der Waals surface area contributed by atoms with E-state index in [1.54, 1.807) is 13.8 Å². The molecule has 7 nitrogen and oxygen atoms in total. The second-order valence-corrected chi connectivity index (χ2v) is 7.53. The van der Waals surface area contributed by atoms with Gasteiger partial charge in [0, 0.05) is 36.0 Å². The summed E-state index contributed by atoms with van der Waals surface area (Å²) >= 11 is 0. The normalized spacial score (nSPS) is 16.7. The zero-order valence-electron chi connectivity index (χ0n) is 16.8. The van der Waals surface area contributed by atoms with Crippen molar-refractivity contribution in [2.75, 3.05) is 6.61 Å². The number of carbonyl (C=O) groups excluding carboxylic acids is 1. The van der Waals surface area contributed by atoms with Crippen LogP contribution in [0.2, 0.25) is 0 Å². The monoisotopic (exact) mass is 413 g/mol. The quantitative estimate of drug-likeness (QED) is 0.756. The summed E-state index contributed by atoms with van der Waals surface area (Å²) in [5.41, 5.74) is 3.36. The van der Waals surface area contributed by atoms with Crippen LogP contribution in [0.5, 0.6) is 0 Å². The minimum absolute atomic E-state index is 0.00311. The SMILES string of the molecule is Cc1nn(CC(F)(F)F)c(C)c1CC(=O)NC1CCc2c(nc(C)n2CCO)C1. The van der Waals surface area contributed by atoms with Gasteiger partial charge in [0.2, 0.25) is 5.91 Å². The first kappa shape index (κ1) is 21.4. The van der Waals surface area contributed by atoms with Crippen molar-refractivity contribution in [3.8, 4) is 0 Å². The number of halogens is 3. The largest absolute Gasteiger partial charge is 0.408 e. The van der Waals surface area contributed by atoms with Crippen LogP contribution in [0.4, 0.5) is 13.2 Å². The molecule has 1 aliphatic carbocycles. The van der Waals surface area contributed by atoms with E-state index in [0.29, 0.717) is 29.9 Å². The summed E-state index contributed by atoms with van der Waals surface area (Å²) in [6, 6.07) is -0.0716. The number of aryl methyl sites for hydroxylation is 2. The van der Waals surface area contributed by atoms with Gasteiger partial charge < -0.3 is 15.0 Å². The molecule has 0 saturated carbocycles. The number of carbonyl (C=O) groups is 1. The Morgan fingerprint density at radius 1 is 1.31 bits per heavy atom. The van der Waals surface area contributed by atoms with Crippen LogP contribution < -0.4 is 5.32 Å². The molecule has 2 aromatic rings. The predicted octanol–water partition coefficient (Wildman–Crippen LogP) is 1.78. The maximum atomic E-state index is 12.7. The molecule has 0 aliphatic heterocycles. The third kappa shape index (κ3) is 4.80. The van der Waals surface area contributed by atoms with Crippen LogP contribution in [0.15, 0.2) is 0 Å². The van der Waals surface area contributed by atoms with Gasteiger partial charge in [0.05, 0.1) is 24.4 Å². The summed E-state index contributed by atoms with van der Waals surface area (Å²) in [5.74, 6) is 0.613. The Labute approximate surface area is 166 Å². The lowest BCUT2D eigenvalue weighted by atomic mass is 9.95. The third-order valence-corrected chi connectivity index (χ3v) is 5.40. The number of amides is 1. The van der Waals surface area contributed by atoms with E-state index in [2.05, 4.69) is 15.4 Å². The molecule has 29 heavy (non-hydrogen) atoms. The molecule has 0 radical (unpaired) electrons. The molecule has 1 unspecified atom stereocenters. The Morgan fingerprint density at radius 3 is 2.69 bits per heavy atom. The van der Waals surface area contributed by atoms with Crippen LogP contribution in [-0.2, 0) is 37.1 Å². The zero-order chi connectivity index (χ0) is 21.3. The maximum absolute atomic E-state index is 12.7. The fraction of sp³-hybridized carbons (Fsp3) is 0.632. The second kappa shape index (κ2) is 8.17. The van der Waals surface area contributed by atoms with Crippen LogP contribution in [-0.4, -0.2) is 49.2 Å². The lowest BCUT2D eigenvalue weighted by Gasteiger charge is -2.24. The van der Waals surface area contributed by atoms with Crippen LogP contribution in [0.1, 0.15) is 40.6 Å². The topological polar surface area (TPSA) is 85.0 Å². The number of fused-ring (bicyclic) bond motifs is 1. The average molecular weight is 413 g/mol. The van der Waals surface area contributed by atoms with Gasteiger partial charge in [0.1, 0.15) is 12.4 Å². The molecule has 2 heterocycles. The Hall–Kier alpha value is -2.36. The van der Waals surface area contributed by atoms with Crippen molar-refractivity contribution in [1.29, 1.82) is 0 Å². The lowest BCUT2D eigenvalue weighted by Crippen LogP contribution is -2.40. The summed E-state index contributed by atoms with van der Waals surface area (Å²) < 4.78 is 40.9. The molecule has 3 rings (SSSR count). The van der Waals surface area contributed by atoms with E-state index in [0.717, 1.165) is 34.7 Å². The fourth-order valence-corrected chi connectivity index (χ4v) is 4.03. The Balaban J connectivity index is 1.64. The highest BCUT2D eigenvalue weighted by atomic mass is 19.4. The van der Waals surface area contributed by atoms with E-state index in [1.807, 2.05) is 11.5 Å². The molecule has 1 atom stereocenters. The van der Waals surface area contributed by atoms with Crippen molar-refractivity contribution in [1.82, 2.24) is 24.6 Å². The zero-order valence-corrected chi connectivity index (χ0v) is 16.8. The van der Waals surface area contributed by atoms with Gasteiger partial charge in [-0.25, -0.2) is 4.98 Å². The molecular formula is C19H26F3N5O2. The van der Waals surface area contributed by atoms with E-state index in [1.165, 1.54) is 0 Å². The number of aromatic nitrogens is 4. The van der Waals surface area contributed by atoms with Gasteiger partial charge in [-0.2, -0.15) is 18.3 Å². The minimum atomic E-state index is -4.36. The molecular weight excluding hydrogens is 387 g/mol. The average Bonchev–Trinajstić information content (AvgIpc) is 3.04. The van der Waals surface area contributed by atoms with Crippen molar-refractivity contribution in [2.45, 2.75) is 71.8 Å². The minimum Gasteiger partial charge on any atom is -0.395 e. The number of aliphatic hydroxyl groups excluding tert-OH is 1. The molecule has 0 bridgehead atoms. The number of hydrogen-bond donors (Lipinski definition) is 2. The van der Waals surface area contributed by atoms with Crippen LogP contribution in [0.3, 0.4) is 0 Å². The van der Waals surface area contributed by atoms with Crippen LogP contribution in [0, 0.1) is 20.8 Å². The summed E-state index contributed by atoms with van der Waals surface area (Å²) in [6.45, 7) is 4.45. The van der Waals surface area contributed by atoms with Gasteiger partial charge in [-0.15, -0.1) is 0 Å². The molecule has 160 valence electrons. The third-order valence-electron chi connectivity index (χ3n) is 5.40. The number of rotatable bonds is 6. The lowest BCUT2D eigenvalue weighted by molar-refractivity contribution is -0.143. The van der Waals surface area contributed by atoms with Crippen molar-refractivity contribution >= 4 is 5.91 Å². The standard InChI is InChI=1S/C19H26F3N5O2/c1-11-15(12(2)27(25-11)10-19(20,21)22)9-18(29)24-14-4-5-17-16(8-14)23-13(3)26(17)6-7-28/h14,28H,4-10H2,1-3H3,(H,24,29). The first-order chi connectivity index (χ1) is 13.6. The number of imidazole rings is 1. The first-order valence-corrected chi connectivity index (χ1v) is 9.63. The van der Waals surface area contributed by atoms with Gasteiger partial charge in [0.25, 0.3) is 0 Å². The molecule has 0 fully saturated rings. The number of nitrogens with zero attached hydrogens (tertiary/aromatic N) is 4. The molecule has 10 heteroatoms. The number of hydrogen-bond acceptors (Lipinski definition) is 4. The molecule has 2 aromatic heterocycles. The van der Waals surface area contributed by atoms with E-state index in [-0.39, 0.29) is 25.0 Å². The van der Waals surface area contributed by atoms with Gasteiger partial charge in [-0.3, -0.25) is 9.48 Å². The Morgan fingerprint density at radius 2 is 2.03 bits per heavy atom. The number of alkyl halides is 3. The molecule has 1 aliphatic rings. The van der Waals surface area contributed by atoms with Gasteiger partial charge in [0.15, 0.2) is 0 Å². The number of nitrogens with one attached hydrogen (secondary N) is 1. The molecule has 0 aromatic carbocycles. The van der Waals surface area contributed by atoms with E-state index >= 15 is 0 Å². The smallest absolute Gasteiger partial charge is 0.395 e. The van der Waals surface area contributed by atoms with E-state index in [4.69, 9.17) is 0 Å². The van der Waals surface area contributed by atoms with Crippen molar-refractivity contribution in [2.24, 2.45) is 0 Å². The highest BCUT2D eigenvalue weighted by molar-refractivity contribution is 5.79. The fourth-order valence-electron chi connectivity index (χ4n) is 4.03. The molecule has 2 N–H and O–H groups in total.